The van der Waals surface area contributed by atoms with Crippen molar-refractivity contribution < 1.29 is 18.9 Å². The Balaban J connectivity index is 1.53. The number of amides is 2. The predicted octanol–water partition coefficient (Wildman–Crippen LogP) is 2.31. The van der Waals surface area contributed by atoms with Crippen LogP contribution in [0.25, 0.3) is 10.8 Å². The molecular formula is C23H25FN3O2+. The van der Waals surface area contributed by atoms with Crippen LogP contribution in [0.2, 0.25) is 0 Å². The van der Waals surface area contributed by atoms with Gasteiger partial charge in [-0.2, -0.15) is 0 Å². The normalized spacial score (nSPS) is 12.9. The monoisotopic (exact) mass is 394 g/mol. The highest BCUT2D eigenvalue weighted by Crippen LogP contribution is 2.23. The van der Waals surface area contributed by atoms with Crippen LogP contribution in [-0.2, 0) is 9.59 Å². The number of anilines is 1. The summed E-state index contributed by atoms with van der Waals surface area (Å²) in [7, 11) is 1.77. The van der Waals surface area contributed by atoms with E-state index in [0.717, 1.165) is 21.2 Å². The quantitative estimate of drug-likeness (QED) is 0.576. The Morgan fingerprint density at radius 2 is 1.66 bits per heavy atom. The maximum absolute atomic E-state index is 13.2. The Bertz CT molecular complexity index is 1020. The van der Waals surface area contributed by atoms with E-state index in [1.165, 1.54) is 18.2 Å². The van der Waals surface area contributed by atoms with Gasteiger partial charge in [0, 0.05) is 5.69 Å². The molecule has 0 fully saturated rings. The first-order chi connectivity index (χ1) is 13.9. The topological polar surface area (TPSA) is 62.6 Å². The van der Waals surface area contributed by atoms with Gasteiger partial charge in [-0.1, -0.05) is 48.5 Å². The Morgan fingerprint density at radius 1 is 0.966 bits per heavy atom. The molecule has 3 rings (SSSR count). The third kappa shape index (κ3) is 5.62. The summed E-state index contributed by atoms with van der Waals surface area (Å²) in [5.41, 5.74) is 1.45. The first-order valence-corrected chi connectivity index (χ1v) is 9.56. The predicted molar refractivity (Wildman–Crippen MR) is 112 cm³/mol. The molecular weight excluding hydrogens is 369 g/mol. The highest BCUT2D eigenvalue weighted by molar-refractivity contribution is 5.91. The first-order valence-electron chi connectivity index (χ1n) is 9.56. The van der Waals surface area contributed by atoms with Gasteiger partial charge in [0.1, 0.15) is 5.82 Å². The summed E-state index contributed by atoms with van der Waals surface area (Å²) in [6, 6.07) is 19.7. The van der Waals surface area contributed by atoms with Gasteiger partial charge in [0.25, 0.3) is 11.8 Å². The van der Waals surface area contributed by atoms with E-state index in [2.05, 4.69) is 10.6 Å². The van der Waals surface area contributed by atoms with E-state index < -0.39 is 5.82 Å². The number of hydrogen-bond acceptors (Lipinski definition) is 2. The van der Waals surface area contributed by atoms with Gasteiger partial charge in [-0.3, -0.25) is 9.59 Å². The molecule has 3 aromatic rings. The molecule has 3 N–H and O–H groups in total. The van der Waals surface area contributed by atoms with Crippen LogP contribution in [0, 0.1) is 5.82 Å². The minimum Gasteiger partial charge on any atom is -0.345 e. The average molecular weight is 394 g/mol. The summed E-state index contributed by atoms with van der Waals surface area (Å²) in [6.45, 7) is 2.21. The zero-order chi connectivity index (χ0) is 20.8. The van der Waals surface area contributed by atoms with Crippen molar-refractivity contribution >= 4 is 28.3 Å². The van der Waals surface area contributed by atoms with Crippen molar-refractivity contribution in [3.05, 3.63) is 78.1 Å². The molecule has 0 saturated heterocycles. The van der Waals surface area contributed by atoms with Gasteiger partial charge >= 0.3 is 0 Å². The molecule has 3 aromatic carbocycles. The molecule has 0 saturated carbocycles. The fourth-order valence-corrected chi connectivity index (χ4v) is 3.38. The minimum atomic E-state index is -0.412. The Morgan fingerprint density at radius 3 is 2.45 bits per heavy atom. The lowest BCUT2D eigenvalue weighted by atomic mass is 10.00. The third-order valence-corrected chi connectivity index (χ3v) is 4.70. The molecule has 0 aliphatic heterocycles. The zero-order valence-corrected chi connectivity index (χ0v) is 16.5. The van der Waals surface area contributed by atoms with Crippen molar-refractivity contribution in [3.63, 3.8) is 0 Å². The summed E-state index contributed by atoms with van der Waals surface area (Å²) in [6.07, 6.45) is 0. The molecule has 0 bridgehead atoms. The number of quaternary nitrogens is 1. The van der Waals surface area contributed by atoms with Gasteiger partial charge in [0.05, 0.1) is 13.1 Å². The second-order valence-electron chi connectivity index (χ2n) is 7.23. The summed E-state index contributed by atoms with van der Waals surface area (Å²) < 4.78 is 13.2. The molecule has 150 valence electrons. The number of nitrogens with one attached hydrogen (secondary N) is 3. The summed E-state index contributed by atoms with van der Waals surface area (Å²) in [5.74, 6) is -0.824. The van der Waals surface area contributed by atoms with E-state index in [1.54, 1.807) is 13.1 Å². The lowest BCUT2D eigenvalue weighted by Gasteiger charge is -2.18. The van der Waals surface area contributed by atoms with E-state index in [9.17, 15) is 14.0 Å². The van der Waals surface area contributed by atoms with E-state index in [1.807, 2.05) is 49.4 Å². The number of carbonyl (C=O) groups is 2. The summed E-state index contributed by atoms with van der Waals surface area (Å²) in [5, 5.41) is 7.89. The van der Waals surface area contributed by atoms with Crippen LogP contribution in [0.15, 0.2) is 66.7 Å². The molecule has 2 amide bonds. The standard InChI is InChI=1S/C23H24FN3O2/c1-16(20-12-5-8-17-7-3-4-11-21(17)20)25-22(28)14-27(2)15-23(29)26-19-10-6-9-18(24)13-19/h3-13,16H,14-15H2,1-2H3,(H,25,28)(H,26,29)/p+1/t16-/m1/s1. The lowest BCUT2D eigenvalue weighted by molar-refractivity contribution is -0.862. The number of hydrogen-bond donors (Lipinski definition) is 3. The van der Waals surface area contributed by atoms with Gasteiger partial charge in [-0.05, 0) is 41.5 Å². The van der Waals surface area contributed by atoms with Crippen molar-refractivity contribution in [2.24, 2.45) is 0 Å². The highest BCUT2D eigenvalue weighted by atomic mass is 19.1. The largest absolute Gasteiger partial charge is 0.345 e. The minimum absolute atomic E-state index is 0.104. The lowest BCUT2D eigenvalue weighted by Crippen LogP contribution is -3.11. The van der Waals surface area contributed by atoms with E-state index in [4.69, 9.17) is 0 Å². The van der Waals surface area contributed by atoms with Crippen molar-refractivity contribution in [3.8, 4) is 0 Å². The molecule has 2 atom stereocenters. The fraction of sp³-hybridized carbons (Fsp3) is 0.217. The number of halogens is 1. The van der Waals surface area contributed by atoms with Gasteiger partial charge in [-0.25, -0.2) is 4.39 Å². The van der Waals surface area contributed by atoms with Crippen molar-refractivity contribution in [2.45, 2.75) is 13.0 Å². The summed E-state index contributed by atoms with van der Waals surface area (Å²) in [4.78, 5) is 25.3. The molecule has 29 heavy (non-hydrogen) atoms. The van der Waals surface area contributed by atoms with Crippen LogP contribution in [-0.4, -0.2) is 32.0 Å². The molecule has 1 unspecified atom stereocenters. The molecule has 0 aliphatic rings. The van der Waals surface area contributed by atoms with Gasteiger partial charge in [0.15, 0.2) is 13.1 Å². The number of carbonyl (C=O) groups excluding carboxylic acids is 2. The zero-order valence-electron chi connectivity index (χ0n) is 16.5. The first kappa shape index (κ1) is 20.5. The highest BCUT2D eigenvalue weighted by Gasteiger charge is 2.17. The van der Waals surface area contributed by atoms with E-state index in [-0.39, 0.29) is 30.9 Å². The van der Waals surface area contributed by atoms with Crippen molar-refractivity contribution in [2.75, 3.05) is 25.5 Å². The smallest absolute Gasteiger partial charge is 0.279 e. The maximum atomic E-state index is 13.2. The van der Waals surface area contributed by atoms with Crippen LogP contribution in [0.1, 0.15) is 18.5 Å². The Hall–Kier alpha value is -3.25. The summed E-state index contributed by atoms with van der Waals surface area (Å²) >= 11 is 0. The van der Waals surface area contributed by atoms with Crippen LogP contribution in [0.5, 0.6) is 0 Å². The van der Waals surface area contributed by atoms with Crippen LogP contribution < -0.4 is 15.5 Å². The molecule has 0 aromatic heterocycles. The third-order valence-electron chi connectivity index (χ3n) is 4.70. The molecule has 0 radical (unpaired) electrons. The SMILES string of the molecule is C[C@@H](NC(=O)C[NH+](C)CC(=O)Nc1cccc(F)c1)c1cccc2ccccc12. The fourth-order valence-electron chi connectivity index (χ4n) is 3.38. The molecule has 0 spiro atoms. The molecule has 5 nitrogen and oxygen atoms in total. The second-order valence-corrected chi connectivity index (χ2v) is 7.23. The molecule has 0 heterocycles. The van der Waals surface area contributed by atoms with Gasteiger partial charge in [0.2, 0.25) is 0 Å². The van der Waals surface area contributed by atoms with Crippen LogP contribution in [0.4, 0.5) is 10.1 Å². The van der Waals surface area contributed by atoms with Gasteiger partial charge in [-0.15, -0.1) is 0 Å². The number of rotatable bonds is 7. The second kappa shape index (κ2) is 9.30. The van der Waals surface area contributed by atoms with Crippen molar-refractivity contribution in [1.82, 2.24) is 5.32 Å². The average Bonchev–Trinajstić information content (AvgIpc) is 2.67. The van der Waals surface area contributed by atoms with Crippen LogP contribution >= 0.6 is 0 Å². The van der Waals surface area contributed by atoms with Gasteiger partial charge < -0.3 is 15.5 Å². The number of benzene rings is 3. The molecule has 0 aliphatic carbocycles. The van der Waals surface area contributed by atoms with E-state index in [0.29, 0.717) is 5.69 Å². The number of fused-ring (bicyclic) bond motifs is 1. The van der Waals surface area contributed by atoms with E-state index >= 15 is 0 Å². The van der Waals surface area contributed by atoms with Crippen LogP contribution in [0.3, 0.4) is 0 Å². The van der Waals surface area contributed by atoms with Crippen molar-refractivity contribution in [1.29, 1.82) is 0 Å². The Kier molecular flexibility index (Phi) is 6.57. The number of likely N-dealkylation sites (N-methyl/N-ethyl adjacent to an activating group) is 1. The molecule has 6 heteroatoms. The maximum Gasteiger partial charge on any atom is 0.279 e. The Labute approximate surface area is 169 Å².